The van der Waals surface area contributed by atoms with Crippen LogP contribution in [0.15, 0.2) is 205 Å². The lowest BCUT2D eigenvalue weighted by molar-refractivity contribution is 1.74. The molecule has 0 unspecified atom stereocenters. The number of hydrogen-bond donors (Lipinski definition) is 0. The van der Waals surface area contributed by atoms with Crippen LogP contribution in [-0.2, 0) is 0 Å². The summed E-state index contributed by atoms with van der Waals surface area (Å²) in [6.07, 6.45) is 5.58. The third-order valence-corrected chi connectivity index (χ3v) is 17.5. The normalized spacial score (nSPS) is 12.5. The highest BCUT2D eigenvalue weighted by atomic mass is 32.1. The summed E-state index contributed by atoms with van der Waals surface area (Å²) >= 11 is 5.66. The van der Waals surface area contributed by atoms with Crippen LogP contribution in [0.3, 0.4) is 0 Å². The third kappa shape index (κ3) is 5.35. The monoisotopic (exact) mass is 914 g/mol. The Kier molecular flexibility index (Phi) is 8.15. The molecule has 0 amide bonds. The number of allylic oxidation sites excluding steroid dienone is 3. The summed E-state index contributed by atoms with van der Waals surface area (Å²) in [5.74, 6) is 0. The molecule has 16 aromatic rings. The first-order valence-electron chi connectivity index (χ1n) is 23.2. The molecule has 0 nitrogen and oxygen atoms in total. The van der Waals surface area contributed by atoms with Gasteiger partial charge in [0.15, 0.2) is 0 Å². The van der Waals surface area contributed by atoms with Gasteiger partial charge in [0, 0.05) is 62.6 Å². The summed E-state index contributed by atoms with van der Waals surface area (Å²) in [5.41, 5.74) is 0. The highest BCUT2D eigenvalue weighted by Crippen LogP contribution is 2.55. The fourth-order valence-corrected chi connectivity index (χ4v) is 14.6. The predicted octanol–water partition coefficient (Wildman–Crippen LogP) is 20.9. The van der Waals surface area contributed by atoms with Crippen LogP contribution >= 0.6 is 34.0 Å². The first kappa shape index (κ1) is 38.4. The van der Waals surface area contributed by atoms with Crippen LogP contribution in [0.25, 0.3) is 160 Å². The van der Waals surface area contributed by atoms with E-state index >= 15 is 0 Å². The smallest absolute Gasteiger partial charge is 0.0428 e. The van der Waals surface area contributed by atoms with E-state index in [0.717, 1.165) is 0 Å². The van der Waals surface area contributed by atoms with Crippen LogP contribution in [0, 0.1) is 0 Å². The van der Waals surface area contributed by atoms with Gasteiger partial charge in [0.25, 0.3) is 0 Å². The molecule has 0 bridgehead atoms. The van der Waals surface area contributed by atoms with Gasteiger partial charge in [0.05, 0.1) is 0 Å². The predicted molar refractivity (Wildman–Crippen MR) is 308 cm³/mol. The van der Waals surface area contributed by atoms with Crippen LogP contribution < -0.4 is 0 Å². The SMILES string of the molecule is C=C/C=C\C.c1ccc2cc3cc4c(cc3cc2c1)c1sccc1c1c2c3cc5cc6ccccc6cc5cc3c3sccc3c2c2c3cc5cc6ccccc6cc5cc3c3sccc3c2c41. The van der Waals surface area contributed by atoms with E-state index in [1.54, 1.807) is 6.08 Å². The van der Waals surface area contributed by atoms with Gasteiger partial charge < -0.3 is 0 Å². The van der Waals surface area contributed by atoms with Gasteiger partial charge in [-0.05, 0) is 211 Å². The molecule has 0 radical (unpaired) electrons. The Morgan fingerprint density at radius 1 is 0.294 bits per heavy atom. The van der Waals surface area contributed by atoms with Crippen molar-refractivity contribution in [2.24, 2.45) is 0 Å². The minimum atomic E-state index is 1.28. The van der Waals surface area contributed by atoms with Gasteiger partial charge in [-0.1, -0.05) is 97.6 Å². The molecule has 0 aliphatic heterocycles. The molecule has 0 spiro atoms. The number of fused-ring (bicyclic) bond motifs is 27. The second kappa shape index (κ2) is 14.4. The summed E-state index contributed by atoms with van der Waals surface area (Å²) in [5, 5.41) is 42.6. The molecule has 0 saturated heterocycles. The van der Waals surface area contributed by atoms with E-state index in [4.69, 9.17) is 0 Å². The van der Waals surface area contributed by atoms with E-state index in [2.05, 4.69) is 187 Å². The van der Waals surface area contributed by atoms with Crippen LogP contribution in [0.2, 0.25) is 0 Å². The van der Waals surface area contributed by atoms with Crippen molar-refractivity contribution in [3.63, 3.8) is 0 Å². The van der Waals surface area contributed by atoms with Gasteiger partial charge >= 0.3 is 0 Å². The molecule has 3 aromatic heterocycles. The molecule has 3 heterocycles. The summed E-state index contributed by atoms with van der Waals surface area (Å²) in [6.45, 7) is 5.42. The maximum atomic E-state index is 3.46. The first-order chi connectivity index (χ1) is 33.6. The lowest BCUT2D eigenvalue weighted by atomic mass is 9.82. The van der Waals surface area contributed by atoms with Crippen LogP contribution in [0.4, 0.5) is 0 Å². The zero-order chi connectivity index (χ0) is 44.8. The van der Waals surface area contributed by atoms with E-state index < -0.39 is 0 Å². The second-order valence-corrected chi connectivity index (χ2v) is 21.1. The largest absolute Gasteiger partial charge is 0.143 e. The van der Waals surface area contributed by atoms with Crippen molar-refractivity contribution in [1.82, 2.24) is 0 Å². The molecule has 0 aliphatic rings. The number of benzene rings is 13. The Morgan fingerprint density at radius 2 is 0.544 bits per heavy atom. The van der Waals surface area contributed by atoms with Crippen LogP contribution in [-0.4, -0.2) is 0 Å². The minimum Gasteiger partial charge on any atom is -0.143 e. The molecule has 0 atom stereocenters. The number of rotatable bonds is 1. The van der Waals surface area contributed by atoms with Crippen molar-refractivity contribution >= 4 is 194 Å². The third-order valence-electron chi connectivity index (χ3n) is 14.7. The summed E-state index contributed by atoms with van der Waals surface area (Å²) < 4.78 is 4.08. The molecular formula is C65H38S3. The Balaban J connectivity index is 0.000000803. The van der Waals surface area contributed by atoms with Gasteiger partial charge in [-0.2, -0.15) is 0 Å². The molecule has 0 fully saturated rings. The van der Waals surface area contributed by atoms with Gasteiger partial charge in [0.1, 0.15) is 0 Å². The van der Waals surface area contributed by atoms with E-state index in [9.17, 15) is 0 Å². The van der Waals surface area contributed by atoms with Crippen molar-refractivity contribution < 1.29 is 0 Å². The molecule has 0 N–H and O–H groups in total. The highest BCUT2D eigenvalue weighted by Gasteiger charge is 2.25. The minimum absolute atomic E-state index is 1.28. The summed E-state index contributed by atoms with van der Waals surface area (Å²) in [4.78, 5) is 0. The molecule has 13 aromatic carbocycles. The fourth-order valence-electron chi connectivity index (χ4n) is 11.8. The molecular weight excluding hydrogens is 877 g/mol. The Morgan fingerprint density at radius 3 is 0.779 bits per heavy atom. The van der Waals surface area contributed by atoms with Crippen LogP contribution in [0.1, 0.15) is 6.92 Å². The topological polar surface area (TPSA) is 0 Å². The van der Waals surface area contributed by atoms with E-state index in [1.165, 1.54) is 160 Å². The lowest BCUT2D eigenvalue weighted by Crippen LogP contribution is -1.92. The van der Waals surface area contributed by atoms with E-state index in [-0.39, 0.29) is 0 Å². The maximum Gasteiger partial charge on any atom is 0.0428 e. The van der Waals surface area contributed by atoms with E-state index in [1.807, 2.05) is 53.1 Å². The quantitative estimate of drug-likeness (QED) is 0.0874. The molecule has 3 heteroatoms. The molecule has 68 heavy (non-hydrogen) atoms. The molecule has 0 saturated carbocycles. The van der Waals surface area contributed by atoms with Crippen molar-refractivity contribution in [3.05, 3.63) is 205 Å². The van der Waals surface area contributed by atoms with Crippen molar-refractivity contribution in [2.45, 2.75) is 6.92 Å². The van der Waals surface area contributed by atoms with Crippen LogP contribution in [0.5, 0.6) is 0 Å². The summed E-state index contributed by atoms with van der Waals surface area (Å²) in [6, 6.07) is 63.2. The number of thiophene rings is 3. The molecule has 16 rings (SSSR count). The van der Waals surface area contributed by atoms with Gasteiger partial charge in [-0.15, -0.1) is 34.0 Å². The average molecular weight is 915 g/mol. The van der Waals surface area contributed by atoms with Crippen molar-refractivity contribution in [3.8, 4) is 0 Å². The average Bonchev–Trinajstić information content (AvgIpc) is 4.18. The first-order valence-corrected chi connectivity index (χ1v) is 25.9. The zero-order valence-corrected chi connectivity index (χ0v) is 39.4. The van der Waals surface area contributed by atoms with E-state index in [0.29, 0.717) is 0 Å². The van der Waals surface area contributed by atoms with Crippen molar-refractivity contribution in [1.29, 1.82) is 0 Å². The second-order valence-electron chi connectivity index (χ2n) is 18.3. The standard InChI is InChI=1S/C60H30S3.C5H8/c1-4-10-34-22-40-28-49-46(25-37(40)19-31(34)7-1)55-52(43-13-16-61-58(43)49)56-48-27-39-21-33-9-3-6-12-36(33)24-42(39)30-51(48)60-45(15-18-63-60)54(56)57-47-26-38-20-32-8-2-5-11-35(32)23-41(38)29-50(47)59-44(53(55)57)14-17-62-59;1-3-5-4-2/h1-30H;3-5H,1H2,2H3/b;5-4-. The maximum absolute atomic E-state index is 3.46. The Bertz CT molecular complexity index is 4420. The zero-order valence-electron chi connectivity index (χ0n) is 37.0. The molecule has 0 aliphatic carbocycles. The summed E-state index contributed by atoms with van der Waals surface area (Å²) in [7, 11) is 0. The molecule has 316 valence electrons. The van der Waals surface area contributed by atoms with Gasteiger partial charge in [0.2, 0.25) is 0 Å². The van der Waals surface area contributed by atoms with Gasteiger partial charge in [-0.25, -0.2) is 0 Å². The highest BCUT2D eigenvalue weighted by molar-refractivity contribution is 7.19. The van der Waals surface area contributed by atoms with Crippen molar-refractivity contribution in [2.75, 3.05) is 0 Å². The Hall–Kier alpha value is -7.66. The van der Waals surface area contributed by atoms with Gasteiger partial charge in [-0.3, -0.25) is 0 Å². The lowest BCUT2D eigenvalue weighted by Gasteiger charge is -2.21. The Labute approximate surface area is 402 Å². The number of hydrogen-bond acceptors (Lipinski definition) is 3. The fraction of sp³-hybridized carbons (Fsp3) is 0.0154.